The van der Waals surface area contributed by atoms with Crippen LogP contribution in [-0.2, 0) is 16.4 Å². The maximum absolute atomic E-state index is 11.4. The van der Waals surface area contributed by atoms with Crippen molar-refractivity contribution in [2.24, 2.45) is 5.92 Å². The fourth-order valence-corrected chi connectivity index (χ4v) is 4.53. The molecule has 0 saturated carbocycles. The average molecular weight is 309 g/mol. The molecule has 1 atom stereocenters. The maximum atomic E-state index is 11.4. The third-order valence-corrected chi connectivity index (χ3v) is 5.62. The molecular weight excluding hydrogens is 290 g/mol. The first-order valence-corrected chi connectivity index (χ1v) is 8.86. The second-order valence-electron chi connectivity index (χ2n) is 5.58. The lowest BCUT2D eigenvalue weighted by molar-refractivity contribution is 0.519. The van der Waals surface area contributed by atoms with Crippen molar-refractivity contribution in [1.82, 2.24) is 15.5 Å². The van der Waals surface area contributed by atoms with E-state index in [4.69, 9.17) is 4.42 Å². The lowest BCUT2D eigenvalue weighted by Gasteiger charge is -2.09. The summed E-state index contributed by atoms with van der Waals surface area (Å²) in [4.78, 5) is 0. The number of nitrogens with one attached hydrogen (secondary N) is 2. The topological polar surface area (TPSA) is 88.0 Å². The van der Waals surface area contributed by atoms with Crippen molar-refractivity contribution < 1.29 is 12.8 Å². The average Bonchev–Trinajstić information content (AvgIpc) is 3.10. The first-order valence-electron chi connectivity index (χ1n) is 7.04. The number of nitrogens with zero attached hydrogens (tertiary/aromatic N) is 1. The largest absolute Gasteiger partial charge is 0.460 e. The van der Waals surface area contributed by atoms with Gasteiger partial charge in [-0.15, -0.1) is 0 Å². The molecule has 0 radical (unpaired) electrons. The minimum atomic E-state index is -2.80. The van der Waals surface area contributed by atoms with Crippen LogP contribution < -0.4 is 5.32 Å². The second-order valence-corrected chi connectivity index (χ2v) is 7.81. The van der Waals surface area contributed by atoms with Crippen LogP contribution in [0, 0.1) is 12.8 Å². The van der Waals surface area contributed by atoms with Gasteiger partial charge in [0, 0.05) is 12.1 Å². The fourth-order valence-electron chi connectivity index (χ4n) is 2.67. The number of aromatic nitrogens is 2. The Hall–Kier alpha value is -1.60. The maximum Gasteiger partial charge on any atom is 0.152 e. The highest BCUT2D eigenvalue weighted by atomic mass is 32.2. The van der Waals surface area contributed by atoms with Crippen LogP contribution >= 0.6 is 0 Å². The molecule has 0 aromatic carbocycles. The van der Waals surface area contributed by atoms with Gasteiger partial charge in [-0.2, -0.15) is 5.10 Å². The normalized spacial score (nSPS) is 20.9. The lowest BCUT2D eigenvalue weighted by Crippen LogP contribution is -2.23. The summed E-state index contributed by atoms with van der Waals surface area (Å²) in [6.07, 6.45) is 2.52. The molecule has 3 rings (SSSR count). The van der Waals surface area contributed by atoms with Crippen LogP contribution in [0.3, 0.4) is 0 Å². The minimum Gasteiger partial charge on any atom is -0.460 e. The van der Waals surface area contributed by atoms with E-state index in [-0.39, 0.29) is 5.92 Å². The van der Waals surface area contributed by atoms with Crippen LogP contribution in [0.25, 0.3) is 11.5 Å². The molecule has 0 spiro atoms. The molecule has 114 valence electrons. The molecule has 0 bridgehead atoms. The van der Waals surface area contributed by atoms with E-state index in [0.717, 1.165) is 29.2 Å². The summed E-state index contributed by atoms with van der Waals surface area (Å²) < 4.78 is 28.4. The summed E-state index contributed by atoms with van der Waals surface area (Å²) in [5.74, 6) is 2.47. The molecule has 2 aromatic rings. The van der Waals surface area contributed by atoms with Crippen molar-refractivity contribution in [2.45, 2.75) is 19.9 Å². The summed E-state index contributed by atoms with van der Waals surface area (Å²) in [5, 5.41) is 10.3. The van der Waals surface area contributed by atoms with Gasteiger partial charge < -0.3 is 9.73 Å². The standard InChI is InChI=1S/C14H19N3O3S/c1-10-2-3-13(20-10)14-12(8-16-17-14)7-15-6-11-4-5-21(18,19)9-11/h2-3,8,11,15H,4-7,9H2,1H3,(H,16,17)/t11-/m0/s1. The van der Waals surface area contributed by atoms with E-state index in [2.05, 4.69) is 15.5 Å². The van der Waals surface area contributed by atoms with Gasteiger partial charge in [-0.1, -0.05) is 0 Å². The van der Waals surface area contributed by atoms with Crippen molar-refractivity contribution in [3.05, 3.63) is 29.7 Å². The molecule has 1 fully saturated rings. The van der Waals surface area contributed by atoms with Crippen molar-refractivity contribution >= 4 is 9.84 Å². The molecule has 1 aliphatic heterocycles. The second kappa shape index (κ2) is 5.65. The van der Waals surface area contributed by atoms with E-state index in [0.29, 0.717) is 24.6 Å². The van der Waals surface area contributed by atoms with Crippen molar-refractivity contribution in [3.63, 3.8) is 0 Å². The van der Waals surface area contributed by atoms with Gasteiger partial charge in [0.25, 0.3) is 0 Å². The molecule has 6 nitrogen and oxygen atoms in total. The number of furan rings is 1. The van der Waals surface area contributed by atoms with Crippen molar-refractivity contribution in [2.75, 3.05) is 18.1 Å². The van der Waals surface area contributed by atoms with Crippen LogP contribution in [0.5, 0.6) is 0 Å². The van der Waals surface area contributed by atoms with Crippen molar-refractivity contribution in [1.29, 1.82) is 0 Å². The Morgan fingerprint density at radius 2 is 2.33 bits per heavy atom. The van der Waals surface area contributed by atoms with E-state index in [9.17, 15) is 8.42 Å². The molecule has 0 aliphatic carbocycles. The summed E-state index contributed by atoms with van der Waals surface area (Å²) >= 11 is 0. The number of H-pyrrole nitrogens is 1. The van der Waals surface area contributed by atoms with Gasteiger partial charge in [-0.05, 0) is 37.9 Å². The molecule has 7 heteroatoms. The van der Waals surface area contributed by atoms with Crippen molar-refractivity contribution in [3.8, 4) is 11.5 Å². The summed E-state index contributed by atoms with van der Waals surface area (Å²) in [6, 6.07) is 3.83. The summed E-state index contributed by atoms with van der Waals surface area (Å²) in [5.41, 5.74) is 1.89. The predicted octanol–water partition coefficient (Wildman–Crippen LogP) is 1.50. The molecular formula is C14H19N3O3S. The molecule has 1 saturated heterocycles. The summed E-state index contributed by atoms with van der Waals surface area (Å²) in [7, 11) is -2.80. The number of hydrogen-bond donors (Lipinski definition) is 2. The van der Waals surface area contributed by atoms with Crippen LogP contribution in [0.2, 0.25) is 0 Å². The quantitative estimate of drug-likeness (QED) is 0.874. The zero-order valence-electron chi connectivity index (χ0n) is 11.9. The van der Waals surface area contributed by atoms with Gasteiger partial charge in [-0.3, -0.25) is 5.10 Å². The van der Waals surface area contributed by atoms with E-state index in [1.165, 1.54) is 0 Å². The van der Waals surface area contributed by atoms with Gasteiger partial charge >= 0.3 is 0 Å². The molecule has 2 aromatic heterocycles. The predicted molar refractivity (Wildman–Crippen MR) is 79.5 cm³/mol. The van der Waals surface area contributed by atoms with E-state index in [1.54, 1.807) is 6.20 Å². The monoisotopic (exact) mass is 309 g/mol. The zero-order valence-corrected chi connectivity index (χ0v) is 12.7. The van der Waals surface area contributed by atoms with Gasteiger partial charge in [0.1, 0.15) is 11.5 Å². The van der Waals surface area contributed by atoms with E-state index in [1.807, 2.05) is 19.1 Å². The Morgan fingerprint density at radius 1 is 1.48 bits per heavy atom. The lowest BCUT2D eigenvalue weighted by atomic mass is 10.1. The van der Waals surface area contributed by atoms with E-state index >= 15 is 0 Å². The molecule has 2 N–H and O–H groups in total. The molecule has 3 heterocycles. The smallest absolute Gasteiger partial charge is 0.152 e. The molecule has 0 unspecified atom stereocenters. The van der Waals surface area contributed by atoms with Crippen LogP contribution in [-0.4, -0.2) is 36.7 Å². The van der Waals surface area contributed by atoms with Gasteiger partial charge in [0.05, 0.1) is 17.7 Å². The molecule has 1 aliphatic rings. The SMILES string of the molecule is Cc1ccc(-c2[nH]ncc2CNC[C@@H]2CCS(=O)(=O)C2)o1. The Labute approximate surface area is 123 Å². The number of sulfone groups is 1. The Bertz CT molecular complexity index is 717. The first-order chi connectivity index (χ1) is 10.0. The van der Waals surface area contributed by atoms with Crippen LogP contribution in [0.15, 0.2) is 22.7 Å². The number of rotatable bonds is 5. The zero-order chi connectivity index (χ0) is 14.9. The summed E-state index contributed by atoms with van der Waals surface area (Å²) in [6.45, 7) is 3.25. The number of aromatic amines is 1. The van der Waals surface area contributed by atoms with Gasteiger partial charge in [0.2, 0.25) is 0 Å². The Kier molecular flexibility index (Phi) is 3.86. The van der Waals surface area contributed by atoms with Gasteiger partial charge in [-0.25, -0.2) is 8.42 Å². The Morgan fingerprint density at radius 3 is 3.00 bits per heavy atom. The van der Waals surface area contributed by atoms with Gasteiger partial charge in [0.15, 0.2) is 15.6 Å². The fraction of sp³-hybridized carbons (Fsp3) is 0.500. The number of hydrogen-bond acceptors (Lipinski definition) is 5. The first kappa shape index (κ1) is 14.3. The van der Waals surface area contributed by atoms with Crippen LogP contribution in [0.4, 0.5) is 0 Å². The third-order valence-electron chi connectivity index (χ3n) is 3.78. The molecule has 21 heavy (non-hydrogen) atoms. The van der Waals surface area contributed by atoms with Crippen LogP contribution in [0.1, 0.15) is 17.7 Å². The minimum absolute atomic E-state index is 0.219. The third kappa shape index (κ3) is 3.36. The number of aryl methyl sites for hydroxylation is 1. The van der Waals surface area contributed by atoms with E-state index < -0.39 is 9.84 Å². The highest BCUT2D eigenvalue weighted by molar-refractivity contribution is 7.91. The Balaban J connectivity index is 1.58. The highest BCUT2D eigenvalue weighted by Gasteiger charge is 2.27. The highest BCUT2D eigenvalue weighted by Crippen LogP contribution is 2.23. The molecule has 0 amide bonds.